The lowest BCUT2D eigenvalue weighted by molar-refractivity contribution is -0.116. The van der Waals surface area contributed by atoms with Gasteiger partial charge < -0.3 is 19.3 Å². The second-order valence-corrected chi connectivity index (χ2v) is 6.06. The van der Waals surface area contributed by atoms with Crippen LogP contribution < -0.4 is 10.1 Å². The summed E-state index contributed by atoms with van der Waals surface area (Å²) in [5.74, 6) is 0.697. The molecule has 0 fully saturated rings. The van der Waals surface area contributed by atoms with E-state index in [0.717, 1.165) is 5.56 Å². The van der Waals surface area contributed by atoms with Gasteiger partial charge in [0.2, 0.25) is 17.6 Å². The molecule has 0 saturated carbocycles. The van der Waals surface area contributed by atoms with Crippen molar-refractivity contribution in [1.82, 2.24) is 10.1 Å². The first-order chi connectivity index (χ1) is 14.1. The van der Waals surface area contributed by atoms with Crippen molar-refractivity contribution >= 4 is 17.6 Å². The van der Waals surface area contributed by atoms with Crippen molar-refractivity contribution < 1.29 is 23.6 Å². The Bertz CT molecular complexity index is 999. The first kappa shape index (κ1) is 20.1. The van der Waals surface area contributed by atoms with Gasteiger partial charge in [-0.3, -0.25) is 4.79 Å². The zero-order valence-electron chi connectivity index (χ0n) is 16.2. The second-order valence-electron chi connectivity index (χ2n) is 6.06. The van der Waals surface area contributed by atoms with Crippen molar-refractivity contribution in [2.24, 2.45) is 0 Å². The lowest BCUT2D eigenvalue weighted by Gasteiger charge is -2.09. The maximum absolute atomic E-state index is 12.3. The second kappa shape index (κ2) is 9.50. The quantitative estimate of drug-likeness (QED) is 0.582. The van der Waals surface area contributed by atoms with Gasteiger partial charge in [0.15, 0.2) is 0 Å². The highest BCUT2D eigenvalue weighted by Crippen LogP contribution is 2.22. The molecule has 0 aliphatic rings. The summed E-state index contributed by atoms with van der Waals surface area (Å²) in [5.41, 5.74) is 1.46. The van der Waals surface area contributed by atoms with Gasteiger partial charge in [-0.15, -0.1) is 0 Å². The number of hydrogen-bond donors (Lipinski definition) is 1. The molecule has 3 rings (SSSR count). The Morgan fingerprint density at radius 1 is 1.14 bits per heavy atom. The first-order valence-corrected chi connectivity index (χ1v) is 9.13. The van der Waals surface area contributed by atoms with Gasteiger partial charge in [-0.2, -0.15) is 4.98 Å². The molecular weight excluding hydrogens is 374 g/mol. The van der Waals surface area contributed by atoms with E-state index >= 15 is 0 Å². The van der Waals surface area contributed by atoms with Crippen molar-refractivity contribution in [1.29, 1.82) is 0 Å². The Balaban J connectivity index is 1.61. The van der Waals surface area contributed by atoms with Gasteiger partial charge in [0.05, 0.1) is 25.0 Å². The molecule has 0 unspecified atom stereocenters. The van der Waals surface area contributed by atoms with Crippen LogP contribution in [0.2, 0.25) is 0 Å². The number of rotatable bonds is 8. The number of methoxy groups -OCH3 is 1. The van der Waals surface area contributed by atoms with Gasteiger partial charge in [0.1, 0.15) is 5.75 Å². The number of carbonyl (C=O) groups excluding carboxylic acids is 2. The molecule has 0 spiro atoms. The lowest BCUT2D eigenvalue weighted by atomic mass is 10.1. The highest BCUT2D eigenvalue weighted by Gasteiger charge is 2.15. The summed E-state index contributed by atoms with van der Waals surface area (Å²) in [4.78, 5) is 28.6. The molecule has 3 aromatic rings. The van der Waals surface area contributed by atoms with E-state index in [1.807, 2.05) is 18.2 Å². The average Bonchev–Trinajstić information content (AvgIpc) is 3.22. The summed E-state index contributed by atoms with van der Waals surface area (Å²) in [6.07, 6.45) is 0.390. The molecule has 29 heavy (non-hydrogen) atoms. The molecule has 0 aliphatic carbocycles. The molecule has 0 atom stereocenters. The number of aryl methyl sites for hydroxylation is 1. The van der Waals surface area contributed by atoms with Gasteiger partial charge in [-0.05, 0) is 31.2 Å². The van der Waals surface area contributed by atoms with E-state index in [0.29, 0.717) is 28.7 Å². The summed E-state index contributed by atoms with van der Waals surface area (Å²) in [6, 6.07) is 14.0. The molecule has 0 bridgehead atoms. The number of ether oxygens (including phenoxy) is 2. The third-order valence-corrected chi connectivity index (χ3v) is 4.06. The molecule has 0 saturated heterocycles. The molecule has 150 valence electrons. The minimum atomic E-state index is -0.483. The third-order valence-electron chi connectivity index (χ3n) is 4.06. The molecule has 8 nitrogen and oxygen atoms in total. The summed E-state index contributed by atoms with van der Waals surface area (Å²) >= 11 is 0. The van der Waals surface area contributed by atoms with Crippen molar-refractivity contribution in [3.63, 3.8) is 0 Å². The molecule has 1 heterocycles. The number of aromatic nitrogens is 2. The fraction of sp³-hybridized carbons (Fsp3) is 0.238. The van der Waals surface area contributed by atoms with Gasteiger partial charge in [0, 0.05) is 18.4 Å². The fourth-order valence-electron chi connectivity index (χ4n) is 2.65. The molecule has 1 aromatic heterocycles. The normalized spacial score (nSPS) is 10.4. The Kier molecular flexibility index (Phi) is 6.57. The number of carbonyl (C=O) groups is 2. The van der Waals surface area contributed by atoms with Crippen LogP contribution in [0.1, 0.15) is 29.6 Å². The molecule has 8 heteroatoms. The summed E-state index contributed by atoms with van der Waals surface area (Å²) in [5, 5.41) is 6.67. The van der Waals surface area contributed by atoms with Crippen LogP contribution in [0.15, 0.2) is 53.1 Å². The number of esters is 1. The minimum absolute atomic E-state index is 0.122. The number of amides is 1. The van der Waals surface area contributed by atoms with E-state index in [4.69, 9.17) is 14.0 Å². The smallest absolute Gasteiger partial charge is 0.340 e. The zero-order chi connectivity index (χ0) is 20.6. The number of benzene rings is 2. The minimum Gasteiger partial charge on any atom is -0.497 e. The van der Waals surface area contributed by atoms with Gasteiger partial charge >= 0.3 is 5.97 Å². The highest BCUT2D eigenvalue weighted by atomic mass is 16.5. The van der Waals surface area contributed by atoms with Gasteiger partial charge in [0.25, 0.3) is 0 Å². The van der Waals surface area contributed by atoms with Crippen LogP contribution in [0, 0.1) is 0 Å². The Labute approximate surface area is 167 Å². The molecule has 1 amide bonds. The fourth-order valence-corrected chi connectivity index (χ4v) is 2.65. The van der Waals surface area contributed by atoms with E-state index in [-0.39, 0.29) is 25.4 Å². The molecular formula is C21H21N3O5. The van der Waals surface area contributed by atoms with Crippen LogP contribution in [0.5, 0.6) is 5.75 Å². The largest absolute Gasteiger partial charge is 0.497 e. The monoisotopic (exact) mass is 395 g/mol. The third kappa shape index (κ3) is 5.19. The number of hydrogen-bond acceptors (Lipinski definition) is 7. The first-order valence-electron chi connectivity index (χ1n) is 9.13. The van der Waals surface area contributed by atoms with Crippen LogP contribution >= 0.6 is 0 Å². The van der Waals surface area contributed by atoms with E-state index < -0.39 is 5.97 Å². The van der Waals surface area contributed by atoms with Crippen LogP contribution in [0.25, 0.3) is 11.4 Å². The standard InChI is InChI=1S/C21H21N3O5/c1-3-28-21(26)16-9-4-5-10-17(16)22-18(25)11-12-19-23-20(24-29-19)14-7-6-8-15(13-14)27-2/h4-10,13H,3,11-12H2,1-2H3,(H,22,25). The maximum Gasteiger partial charge on any atom is 0.340 e. The topological polar surface area (TPSA) is 104 Å². The predicted molar refractivity (Wildman–Crippen MR) is 106 cm³/mol. The molecule has 0 radical (unpaired) electrons. The van der Waals surface area contributed by atoms with Crippen LogP contribution in [0.4, 0.5) is 5.69 Å². The Hall–Kier alpha value is -3.68. The average molecular weight is 395 g/mol. The number of para-hydroxylation sites is 1. The van der Waals surface area contributed by atoms with Crippen LogP contribution in [-0.2, 0) is 16.0 Å². The van der Waals surface area contributed by atoms with E-state index in [1.54, 1.807) is 44.4 Å². The molecule has 1 N–H and O–H groups in total. The number of nitrogens with zero attached hydrogens (tertiary/aromatic N) is 2. The summed E-state index contributed by atoms with van der Waals surface area (Å²) in [6.45, 7) is 1.98. The molecule has 0 aliphatic heterocycles. The number of nitrogens with one attached hydrogen (secondary N) is 1. The molecule has 2 aromatic carbocycles. The number of anilines is 1. The Morgan fingerprint density at radius 2 is 1.97 bits per heavy atom. The van der Waals surface area contributed by atoms with Crippen molar-refractivity contribution in [2.75, 3.05) is 19.0 Å². The SMILES string of the molecule is CCOC(=O)c1ccccc1NC(=O)CCc1nc(-c2cccc(OC)c2)no1. The van der Waals surface area contributed by atoms with Gasteiger partial charge in [-0.25, -0.2) is 4.79 Å². The maximum atomic E-state index is 12.3. The highest BCUT2D eigenvalue weighted by molar-refractivity contribution is 6.01. The summed E-state index contributed by atoms with van der Waals surface area (Å²) < 4.78 is 15.4. The Morgan fingerprint density at radius 3 is 2.76 bits per heavy atom. The van der Waals surface area contributed by atoms with Crippen molar-refractivity contribution in [3.05, 3.63) is 60.0 Å². The van der Waals surface area contributed by atoms with Crippen LogP contribution in [-0.4, -0.2) is 35.7 Å². The van der Waals surface area contributed by atoms with E-state index in [1.165, 1.54) is 0 Å². The van der Waals surface area contributed by atoms with Crippen molar-refractivity contribution in [3.8, 4) is 17.1 Å². The zero-order valence-corrected chi connectivity index (χ0v) is 16.2. The van der Waals surface area contributed by atoms with E-state index in [2.05, 4.69) is 15.5 Å². The summed E-state index contributed by atoms with van der Waals surface area (Å²) in [7, 11) is 1.58. The van der Waals surface area contributed by atoms with Crippen molar-refractivity contribution in [2.45, 2.75) is 19.8 Å². The predicted octanol–water partition coefficient (Wildman–Crippen LogP) is 3.49. The van der Waals surface area contributed by atoms with Gasteiger partial charge in [-0.1, -0.05) is 29.4 Å². The van der Waals surface area contributed by atoms with E-state index in [9.17, 15) is 9.59 Å². The van der Waals surface area contributed by atoms with Crippen LogP contribution in [0.3, 0.4) is 0 Å². The lowest BCUT2D eigenvalue weighted by Crippen LogP contribution is -2.16.